The van der Waals surface area contributed by atoms with Gasteiger partial charge in [-0.25, -0.2) is 0 Å². The van der Waals surface area contributed by atoms with Gasteiger partial charge in [-0.1, -0.05) is 60.7 Å². The van der Waals surface area contributed by atoms with Crippen molar-refractivity contribution in [2.75, 3.05) is 0 Å². The number of aryl methyl sites for hydroxylation is 1. The van der Waals surface area contributed by atoms with Crippen LogP contribution in [0.25, 0.3) is 22.4 Å². The van der Waals surface area contributed by atoms with E-state index >= 15 is 0 Å². The minimum absolute atomic E-state index is 0.0429. The third kappa shape index (κ3) is 2.14. The second-order valence-corrected chi connectivity index (χ2v) is 4.63. The van der Waals surface area contributed by atoms with Gasteiger partial charge in [0.25, 0.3) is 0 Å². The minimum Gasteiger partial charge on any atom is -0.287 e. The Morgan fingerprint density at radius 3 is 2.00 bits per heavy atom. The van der Waals surface area contributed by atoms with Gasteiger partial charge in [-0.15, -0.1) is 0 Å². The van der Waals surface area contributed by atoms with Gasteiger partial charge in [0.2, 0.25) is 5.43 Å². The summed E-state index contributed by atoms with van der Waals surface area (Å²) in [5.41, 5.74) is 3.60. The SMILES string of the molecule is Cc1[nH]nc(-c2ccccc2)c(=O)c1-c1ccccc1. The topological polar surface area (TPSA) is 45.8 Å². The first-order chi connectivity index (χ1) is 9.77. The van der Waals surface area contributed by atoms with E-state index in [2.05, 4.69) is 10.2 Å². The molecule has 0 radical (unpaired) electrons. The fourth-order valence-electron chi connectivity index (χ4n) is 2.28. The second-order valence-electron chi connectivity index (χ2n) is 4.63. The maximum atomic E-state index is 12.7. The lowest BCUT2D eigenvalue weighted by atomic mass is 10.0. The fraction of sp³-hybridized carbons (Fsp3) is 0.0588. The third-order valence-electron chi connectivity index (χ3n) is 3.26. The number of nitrogens with one attached hydrogen (secondary N) is 1. The van der Waals surface area contributed by atoms with Crippen molar-refractivity contribution in [3.63, 3.8) is 0 Å². The molecule has 0 aliphatic rings. The van der Waals surface area contributed by atoms with Crippen molar-refractivity contribution in [2.45, 2.75) is 6.92 Å². The molecule has 1 aromatic heterocycles. The highest BCUT2D eigenvalue weighted by atomic mass is 16.1. The number of nitrogens with zero attached hydrogens (tertiary/aromatic N) is 1. The van der Waals surface area contributed by atoms with Gasteiger partial charge in [-0.05, 0) is 12.5 Å². The first-order valence-electron chi connectivity index (χ1n) is 6.47. The molecule has 0 aliphatic carbocycles. The van der Waals surface area contributed by atoms with Crippen molar-refractivity contribution < 1.29 is 0 Å². The van der Waals surface area contributed by atoms with Crippen molar-refractivity contribution in [2.24, 2.45) is 0 Å². The highest BCUT2D eigenvalue weighted by molar-refractivity contribution is 5.71. The van der Waals surface area contributed by atoms with Crippen molar-refractivity contribution in [1.29, 1.82) is 0 Å². The lowest BCUT2D eigenvalue weighted by Crippen LogP contribution is -2.14. The van der Waals surface area contributed by atoms with Crippen LogP contribution in [0.15, 0.2) is 65.5 Å². The highest BCUT2D eigenvalue weighted by Gasteiger charge is 2.13. The highest BCUT2D eigenvalue weighted by Crippen LogP contribution is 2.20. The Bertz CT molecular complexity index is 777. The molecule has 3 heteroatoms. The number of H-pyrrole nitrogens is 1. The summed E-state index contributed by atoms with van der Waals surface area (Å²) in [7, 11) is 0. The summed E-state index contributed by atoms with van der Waals surface area (Å²) in [5.74, 6) is 0. The molecule has 0 spiro atoms. The summed E-state index contributed by atoms with van der Waals surface area (Å²) in [5, 5.41) is 7.15. The van der Waals surface area contributed by atoms with Crippen molar-refractivity contribution in [3.05, 3.63) is 76.6 Å². The zero-order valence-electron chi connectivity index (χ0n) is 11.1. The summed E-state index contributed by atoms with van der Waals surface area (Å²) in [6.07, 6.45) is 0. The number of hydrogen-bond donors (Lipinski definition) is 1. The van der Waals surface area contributed by atoms with E-state index in [0.717, 1.165) is 16.8 Å². The molecule has 1 N–H and O–H groups in total. The normalized spacial score (nSPS) is 10.4. The van der Waals surface area contributed by atoms with Crippen LogP contribution >= 0.6 is 0 Å². The summed E-state index contributed by atoms with van der Waals surface area (Å²) in [4.78, 5) is 12.7. The van der Waals surface area contributed by atoms with Crippen LogP contribution in [0, 0.1) is 6.92 Å². The lowest BCUT2D eigenvalue weighted by molar-refractivity contribution is 0.979. The molecule has 98 valence electrons. The first-order valence-corrected chi connectivity index (χ1v) is 6.47. The van der Waals surface area contributed by atoms with E-state index in [9.17, 15) is 4.79 Å². The van der Waals surface area contributed by atoms with Crippen LogP contribution in [0.3, 0.4) is 0 Å². The van der Waals surface area contributed by atoms with Crippen LogP contribution in [0.2, 0.25) is 0 Å². The largest absolute Gasteiger partial charge is 0.287 e. The average molecular weight is 262 g/mol. The Labute approximate surface area is 116 Å². The molecule has 3 nitrogen and oxygen atoms in total. The number of aromatic amines is 1. The molecule has 3 rings (SSSR count). The molecule has 0 saturated heterocycles. The van der Waals surface area contributed by atoms with Gasteiger partial charge < -0.3 is 0 Å². The van der Waals surface area contributed by atoms with Crippen LogP contribution < -0.4 is 5.43 Å². The minimum atomic E-state index is -0.0429. The van der Waals surface area contributed by atoms with E-state index in [-0.39, 0.29) is 5.43 Å². The fourth-order valence-corrected chi connectivity index (χ4v) is 2.28. The predicted octanol–water partition coefficient (Wildman–Crippen LogP) is 3.41. The van der Waals surface area contributed by atoms with E-state index in [4.69, 9.17) is 0 Å². The molecule has 1 heterocycles. The summed E-state index contributed by atoms with van der Waals surface area (Å²) in [6, 6.07) is 19.2. The molecule has 0 amide bonds. The molecule has 0 unspecified atom stereocenters. The van der Waals surface area contributed by atoms with Gasteiger partial charge in [0.1, 0.15) is 5.69 Å². The van der Waals surface area contributed by atoms with Gasteiger partial charge in [-0.2, -0.15) is 5.10 Å². The molecule has 0 atom stereocenters. The van der Waals surface area contributed by atoms with Gasteiger partial charge in [0, 0.05) is 11.3 Å². The van der Waals surface area contributed by atoms with E-state index in [1.807, 2.05) is 67.6 Å². The second kappa shape index (κ2) is 5.13. The maximum absolute atomic E-state index is 12.7. The number of hydrogen-bond acceptors (Lipinski definition) is 2. The van der Waals surface area contributed by atoms with Gasteiger partial charge in [0.15, 0.2) is 0 Å². The molecule has 2 aromatic carbocycles. The Hall–Kier alpha value is -2.68. The van der Waals surface area contributed by atoms with Crippen LogP contribution in [-0.4, -0.2) is 10.2 Å². The molecule has 20 heavy (non-hydrogen) atoms. The van der Waals surface area contributed by atoms with Gasteiger partial charge >= 0.3 is 0 Å². The Kier molecular flexibility index (Phi) is 3.17. The van der Waals surface area contributed by atoms with Crippen LogP contribution in [-0.2, 0) is 0 Å². The maximum Gasteiger partial charge on any atom is 0.216 e. The summed E-state index contributed by atoms with van der Waals surface area (Å²) >= 11 is 0. The zero-order chi connectivity index (χ0) is 13.9. The monoisotopic (exact) mass is 262 g/mol. The Balaban J connectivity index is 2.25. The number of benzene rings is 2. The first kappa shape index (κ1) is 12.4. The van der Waals surface area contributed by atoms with Crippen molar-refractivity contribution >= 4 is 0 Å². The molecule has 0 saturated carbocycles. The third-order valence-corrected chi connectivity index (χ3v) is 3.26. The van der Waals surface area contributed by atoms with Crippen LogP contribution in [0.1, 0.15) is 5.69 Å². The smallest absolute Gasteiger partial charge is 0.216 e. The molecule has 0 bridgehead atoms. The summed E-state index contributed by atoms with van der Waals surface area (Å²) in [6.45, 7) is 1.87. The van der Waals surface area contributed by atoms with Crippen molar-refractivity contribution in [3.8, 4) is 22.4 Å². The predicted molar refractivity (Wildman–Crippen MR) is 80.5 cm³/mol. The molecule has 0 fully saturated rings. The molecule has 3 aromatic rings. The lowest BCUT2D eigenvalue weighted by Gasteiger charge is -2.07. The molecular weight excluding hydrogens is 248 g/mol. The van der Waals surface area contributed by atoms with Gasteiger partial charge in [-0.3, -0.25) is 9.89 Å². The number of rotatable bonds is 2. The van der Waals surface area contributed by atoms with E-state index in [0.29, 0.717) is 11.3 Å². The average Bonchev–Trinajstić information content (AvgIpc) is 2.49. The van der Waals surface area contributed by atoms with Crippen LogP contribution in [0.5, 0.6) is 0 Å². The van der Waals surface area contributed by atoms with Crippen LogP contribution in [0.4, 0.5) is 0 Å². The van der Waals surface area contributed by atoms with E-state index in [1.165, 1.54) is 0 Å². The summed E-state index contributed by atoms with van der Waals surface area (Å²) < 4.78 is 0. The number of aromatic nitrogens is 2. The Morgan fingerprint density at radius 1 is 0.850 bits per heavy atom. The zero-order valence-corrected chi connectivity index (χ0v) is 11.1. The van der Waals surface area contributed by atoms with E-state index in [1.54, 1.807) is 0 Å². The molecule has 0 aliphatic heterocycles. The van der Waals surface area contributed by atoms with Gasteiger partial charge in [0.05, 0.1) is 5.56 Å². The van der Waals surface area contributed by atoms with Crippen molar-refractivity contribution in [1.82, 2.24) is 10.2 Å². The molecular formula is C17H14N2O. The van der Waals surface area contributed by atoms with E-state index < -0.39 is 0 Å². The Morgan fingerprint density at radius 2 is 1.40 bits per heavy atom. The quantitative estimate of drug-likeness (QED) is 0.769. The standard InChI is InChI=1S/C17H14N2O/c1-12-15(13-8-4-2-5-9-13)17(20)16(19-18-12)14-10-6-3-7-11-14/h2-11H,1H3,(H,18,20).